The van der Waals surface area contributed by atoms with Crippen LogP contribution in [-0.2, 0) is 4.79 Å². The van der Waals surface area contributed by atoms with Gasteiger partial charge in [-0.3, -0.25) is 4.79 Å². The number of carbonyl (C=O) groups is 1. The number of amides is 1. The van der Waals surface area contributed by atoms with E-state index in [1.54, 1.807) is 6.20 Å². The number of nitrogens with one attached hydrogen (secondary N) is 1. The van der Waals surface area contributed by atoms with Gasteiger partial charge in [-0.15, -0.1) is 3.89 Å². The highest BCUT2D eigenvalue weighted by Gasteiger charge is 2.44. The molecular weight excluding hydrogens is 419 g/mol. The summed E-state index contributed by atoms with van der Waals surface area (Å²) in [6.07, 6.45) is 5.74. The van der Waals surface area contributed by atoms with Gasteiger partial charge in [-0.25, -0.2) is 8.96 Å². The molecule has 2 aliphatic heterocycles. The molecule has 2 aromatic heterocycles. The van der Waals surface area contributed by atoms with Crippen LogP contribution in [0.25, 0.3) is 11.0 Å². The second kappa shape index (κ2) is 6.07. The van der Waals surface area contributed by atoms with Crippen LogP contribution >= 0.6 is 39.9 Å². The Morgan fingerprint density at radius 2 is 2.12 bits per heavy atom. The number of piperidine rings is 1. The smallest absolute Gasteiger partial charge is 0.226 e. The van der Waals surface area contributed by atoms with E-state index in [1.807, 2.05) is 0 Å². The van der Waals surface area contributed by atoms with Crippen LogP contribution < -0.4 is 10.2 Å². The van der Waals surface area contributed by atoms with Crippen LogP contribution in [0.5, 0.6) is 0 Å². The van der Waals surface area contributed by atoms with Gasteiger partial charge in [0.1, 0.15) is 0 Å². The van der Waals surface area contributed by atoms with Crippen LogP contribution in [0.3, 0.4) is 0 Å². The van der Waals surface area contributed by atoms with Gasteiger partial charge in [-0.2, -0.15) is 0 Å². The molecule has 4 rings (SSSR count). The summed E-state index contributed by atoms with van der Waals surface area (Å²) in [5.74, 6) is 0.180. The van der Waals surface area contributed by atoms with Crippen molar-refractivity contribution in [2.45, 2.75) is 19.3 Å². The zero-order valence-electron chi connectivity index (χ0n) is 12.7. The molecule has 1 amide bonds. The fourth-order valence-corrected chi connectivity index (χ4v) is 5.03. The first kappa shape index (κ1) is 16.5. The Morgan fingerprint density at radius 1 is 1.38 bits per heavy atom. The molecule has 0 aliphatic carbocycles. The molecule has 24 heavy (non-hydrogen) atoms. The Labute approximate surface area is 156 Å². The van der Waals surface area contributed by atoms with Gasteiger partial charge >= 0.3 is 0 Å². The van der Waals surface area contributed by atoms with Crippen LogP contribution in [0, 0.1) is 5.41 Å². The molecule has 4 heterocycles. The highest BCUT2D eigenvalue weighted by atomic mass is 79.9. The molecule has 2 aliphatic rings. The lowest BCUT2D eigenvalue weighted by Crippen LogP contribution is -2.44. The van der Waals surface area contributed by atoms with Crippen molar-refractivity contribution in [3.8, 4) is 0 Å². The van der Waals surface area contributed by atoms with E-state index in [0.29, 0.717) is 10.7 Å². The van der Waals surface area contributed by atoms with E-state index in [1.165, 1.54) is 10.2 Å². The topological polar surface area (TPSA) is 50.2 Å². The summed E-state index contributed by atoms with van der Waals surface area (Å²) in [5, 5.41) is 4.16. The molecule has 1 N–H and O–H groups in total. The Kier molecular flexibility index (Phi) is 4.17. The van der Waals surface area contributed by atoms with Crippen LogP contribution in [0.15, 0.2) is 16.9 Å². The molecule has 2 fully saturated rings. The lowest BCUT2D eigenvalue weighted by atomic mass is 9.77. The third-order valence-corrected chi connectivity index (χ3v) is 6.44. The van der Waals surface area contributed by atoms with Gasteiger partial charge in [0.05, 0.1) is 26.0 Å². The molecule has 5 nitrogen and oxygen atoms in total. The number of halogens is 3. The molecule has 9 heteroatoms. The van der Waals surface area contributed by atoms with Crippen molar-refractivity contribution < 1.29 is 8.68 Å². The number of nitrogens with zero attached hydrogens (tertiary/aromatic N) is 3. The molecule has 0 atom stereocenters. The van der Waals surface area contributed by atoms with Crippen LogP contribution in [-0.4, -0.2) is 34.5 Å². The molecule has 2 aromatic rings. The summed E-state index contributed by atoms with van der Waals surface area (Å²) in [7, 11) is 0. The Hall–Kier alpha value is -0.990. The van der Waals surface area contributed by atoms with Gasteiger partial charge in [0, 0.05) is 32.0 Å². The molecule has 0 aromatic carbocycles. The standard InChI is InChI=1S/C15H15BrClFN4OS/c16-9-7-20-13-11(10(17)8-22(13)24-18)12(9)21-5-2-15(3-6-21)1-4-19-14(15)23/h7-8H,1-6H2,(H,19,23). The predicted molar refractivity (Wildman–Crippen MR) is 98.0 cm³/mol. The molecule has 2 saturated heterocycles. The maximum atomic E-state index is 13.1. The molecular formula is C15H15BrClFN4OS. The highest BCUT2D eigenvalue weighted by molar-refractivity contribution is 9.10. The maximum Gasteiger partial charge on any atom is 0.226 e. The first-order chi connectivity index (χ1) is 11.6. The summed E-state index contributed by atoms with van der Waals surface area (Å²) in [5.41, 5.74) is 1.20. The highest BCUT2D eigenvalue weighted by Crippen LogP contribution is 2.44. The molecule has 128 valence electrons. The lowest BCUT2D eigenvalue weighted by molar-refractivity contribution is -0.128. The summed E-state index contributed by atoms with van der Waals surface area (Å²) >= 11 is 9.98. The van der Waals surface area contributed by atoms with E-state index < -0.39 is 0 Å². The van der Waals surface area contributed by atoms with Gasteiger partial charge in [0.25, 0.3) is 0 Å². The molecule has 0 saturated carbocycles. The van der Waals surface area contributed by atoms with Crippen molar-refractivity contribution >= 4 is 62.5 Å². The summed E-state index contributed by atoms with van der Waals surface area (Å²) in [6, 6.07) is 0. The Morgan fingerprint density at radius 3 is 2.75 bits per heavy atom. The number of hydrogen-bond acceptors (Lipinski definition) is 4. The third-order valence-electron chi connectivity index (χ3n) is 5.15. The first-order valence-electron chi connectivity index (χ1n) is 7.73. The molecule has 0 bridgehead atoms. The van der Waals surface area contributed by atoms with E-state index in [4.69, 9.17) is 11.6 Å². The lowest BCUT2D eigenvalue weighted by Gasteiger charge is -2.39. The van der Waals surface area contributed by atoms with Crippen molar-refractivity contribution in [1.29, 1.82) is 0 Å². The minimum Gasteiger partial charge on any atom is -0.370 e. The minimum absolute atomic E-state index is 0.0789. The van der Waals surface area contributed by atoms with Crippen molar-refractivity contribution in [2.75, 3.05) is 24.5 Å². The number of fused-ring (bicyclic) bond motifs is 1. The summed E-state index contributed by atoms with van der Waals surface area (Å²) < 4.78 is 15.2. The average molecular weight is 434 g/mol. The van der Waals surface area contributed by atoms with Gasteiger partial charge in [-0.1, -0.05) is 11.6 Å². The summed E-state index contributed by atoms with van der Waals surface area (Å²) in [6.45, 7) is 2.29. The maximum absolute atomic E-state index is 13.1. The van der Waals surface area contributed by atoms with Crippen LogP contribution in [0.1, 0.15) is 19.3 Å². The SMILES string of the molecule is O=C1NCCC12CCN(c1c(Br)cnc3c1c(Cl)cn3SF)CC2. The van der Waals surface area contributed by atoms with Crippen molar-refractivity contribution in [2.24, 2.45) is 5.41 Å². The van der Waals surface area contributed by atoms with Gasteiger partial charge < -0.3 is 10.2 Å². The normalized spacial score (nSPS) is 20.1. The van der Waals surface area contributed by atoms with E-state index in [2.05, 4.69) is 31.1 Å². The molecule has 0 radical (unpaired) electrons. The fraction of sp³-hybridized carbons (Fsp3) is 0.467. The van der Waals surface area contributed by atoms with E-state index in [9.17, 15) is 8.68 Å². The number of carbonyl (C=O) groups excluding carboxylic acids is 1. The first-order valence-corrected chi connectivity index (χ1v) is 9.57. The predicted octanol–water partition coefficient (Wildman–Crippen LogP) is 3.94. The fourth-order valence-electron chi connectivity index (χ4n) is 3.80. The largest absolute Gasteiger partial charge is 0.370 e. The zero-order valence-corrected chi connectivity index (χ0v) is 15.8. The van der Waals surface area contributed by atoms with Crippen molar-refractivity contribution in [3.05, 3.63) is 21.9 Å². The van der Waals surface area contributed by atoms with Crippen LogP contribution in [0.2, 0.25) is 5.02 Å². The minimum atomic E-state index is -0.223. The van der Waals surface area contributed by atoms with E-state index >= 15 is 0 Å². The average Bonchev–Trinajstić information content (AvgIpc) is 3.10. The number of anilines is 1. The molecule has 1 spiro atoms. The quantitative estimate of drug-likeness (QED) is 0.779. The Bertz CT molecular complexity index is 821. The van der Waals surface area contributed by atoms with Crippen molar-refractivity contribution in [1.82, 2.24) is 14.3 Å². The third kappa shape index (κ3) is 2.42. The van der Waals surface area contributed by atoms with Gasteiger partial charge in [0.2, 0.25) is 5.91 Å². The summed E-state index contributed by atoms with van der Waals surface area (Å²) in [4.78, 5) is 18.7. The number of aromatic nitrogens is 2. The Balaban J connectivity index is 1.71. The molecule has 0 unspecified atom stereocenters. The monoisotopic (exact) mass is 432 g/mol. The second-order valence-corrected chi connectivity index (χ2v) is 8.09. The zero-order chi connectivity index (χ0) is 16.9. The van der Waals surface area contributed by atoms with E-state index in [-0.39, 0.29) is 23.7 Å². The van der Waals surface area contributed by atoms with Gasteiger partial charge in [-0.05, 0) is 35.2 Å². The van der Waals surface area contributed by atoms with Crippen LogP contribution in [0.4, 0.5) is 9.57 Å². The van der Waals surface area contributed by atoms with Crippen molar-refractivity contribution in [3.63, 3.8) is 0 Å². The number of hydrogen-bond donors (Lipinski definition) is 1. The second-order valence-electron chi connectivity index (χ2n) is 6.30. The number of pyridine rings is 1. The van der Waals surface area contributed by atoms with E-state index in [0.717, 1.165) is 54.4 Å². The van der Waals surface area contributed by atoms with Gasteiger partial charge in [0.15, 0.2) is 18.0 Å². The number of rotatable bonds is 2.